The van der Waals surface area contributed by atoms with Crippen molar-refractivity contribution in [2.24, 2.45) is 0 Å². The first-order chi connectivity index (χ1) is 32.6. The second-order valence-electron chi connectivity index (χ2n) is 16.6. The van der Waals surface area contributed by atoms with Crippen LogP contribution < -0.4 is 0 Å². The topological polar surface area (TPSA) is 61.8 Å². The molecule has 0 aromatic rings. The van der Waals surface area contributed by atoms with Gasteiger partial charge in [0.2, 0.25) is 0 Å². The van der Waals surface area contributed by atoms with Crippen LogP contribution in [0.25, 0.3) is 0 Å². The van der Waals surface area contributed by atoms with Crippen molar-refractivity contribution in [3.8, 4) is 0 Å². The zero-order chi connectivity index (χ0) is 47.7. The molecule has 0 aliphatic carbocycles. The first kappa shape index (κ1) is 61.8. The Bertz CT molecular complexity index is 1450. The molecule has 0 saturated carbocycles. The molecule has 1 atom stereocenters. The molecular weight excluding hydrogens is 813 g/mol. The number of esters is 2. The van der Waals surface area contributed by atoms with Gasteiger partial charge in [-0.2, -0.15) is 0 Å². The monoisotopic (exact) mass is 909 g/mol. The summed E-state index contributed by atoms with van der Waals surface area (Å²) >= 11 is 0. The zero-order valence-corrected chi connectivity index (χ0v) is 42.4. The molecule has 370 valence electrons. The van der Waals surface area contributed by atoms with E-state index < -0.39 is 6.10 Å². The van der Waals surface area contributed by atoms with Crippen molar-refractivity contribution in [1.82, 2.24) is 0 Å². The van der Waals surface area contributed by atoms with E-state index in [1.165, 1.54) is 6.42 Å². The molecule has 0 aromatic carbocycles. The minimum absolute atomic E-state index is 0.0381. The predicted molar refractivity (Wildman–Crippen MR) is 288 cm³/mol. The summed E-state index contributed by atoms with van der Waals surface area (Å²) in [6.07, 6.45) is 80.0. The number of hydrogen-bond donors (Lipinski definition) is 0. The maximum absolute atomic E-state index is 12.8. The van der Waals surface area contributed by atoms with Crippen molar-refractivity contribution >= 4 is 11.9 Å². The third-order valence-corrected chi connectivity index (χ3v) is 10.4. The third-order valence-electron chi connectivity index (χ3n) is 10.4. The molecule has 5 heteroatoms. The fraction of sp³-hybridized carbons (Fsp3) is 0.574. The number of rotatable bonds is 46. The summed E-state index contributed by atoms with van der Waals surface area (Å²) < 4.78 is 17.3. The van der Waals surface area contributed by atoms with Gasteiger partial charge in [0.1, 0.15) is 6.61 Å². The first-order valence-corrected chi connectivity index (χ1v) is 26.4. The van der Waals surface area contributed by atoms with E-state index in [9.17, 15) is 9.59 Å². The summed E-state index contributed by atoms with van der Waals surface area (Å²) in [5.74, 6) is -0.487. The van der Waals surface area contributed by atoms with Crippen molar-refractivity contribution in [2.75, 3.05) is 19.8 Å². The van der Waals surface area contributed by atoms with E-state index in [4.69, 9.17) is 14.2 Å². The Hall–Kier alpha value is -4.22. The zero-order valence-electron chi connectivity index (χ0n) is 42.4. The molecule has 0 rings (SSSR count). The number of unbranched alkanes of at least 4 members (excludes halogenated alkanes) is 11. The van der Waals surface area contributed by atoms with Crippen LogP contribution in [0.15, 0.2) is 146 Å². The van der Waals surface area contributed by atoms with E-state index in [0.717, 1.165) is 161 Å². The van der Waals surface area contributed by atoms with Gasteiger partial charge in [-0.15, -0.1) is 0 Å². The SMILES string of the molecule is CC/C=C\C/C=C\C/C=C\C/C=C\C/C=C\CCCCCC(=O)OCC(COCCCCCC/C=C\C/C=C\C/C=C\CC)OC(=O)CCCCCC/C=C\C/C=C\C/C=C\C/C=C\CC. The molecule has 0 radical (unpaired) electrons. The lowest BCUT2D eigenvalue weighted by atomic mass is 10.1. The molecule has 1 unspecified atom stereocenters. The Balaban J connectivity index is 4.45. The van der Waals surface area contributed by atoms with Gasteiger partial charge in [-0.25, -0.2) is 0 Å². The molecule has 0 saturated heterocycles. The summed E-state index contributed by atoms with van der Waals surface area (Å²) in [5, 5.41) is 0. The average Bonchev–Trinajstić information content (AvgIpc) is 3.32. The lowest BCUT2D eigenvalue weighted by Crippen LogP contribution is -2.30. The normalized spacial score (nSPS) is 13.4. The Morgan fingerprint density at radius 3 is 1.02 bits per heavy atom. The molecule has 0 heterocycles. The predicted octanol–water partition coefficient (Wildman–Crippen LogP) is 18.1. The molecule has 0 N–H and O–H groups in total. The Morgan fingerprint density at radius 1 is 0.333 bits per heavy atom. The summed E-state index contributed by atoms with van der Waals surface area (Å²) in [6, 6.07) is 0. The van der Waals surface area contributed by atoms with Gasteiger partial charge in [-0.3, -0.25) is 9.59 Å². The molecule has 0 aliphatic heterocycles. The lowest BCUT2D eigenvalue weighted by Gasteiger charge is -2.18. The molecule has 0 amide bonds. The van der Waals surface area contributed by atoms with Gasteiger partial charge in [0.15, 0.2) is 6.10 Å². The van der Waals surface area contributed by atoms with Crippen molar-refractivity contribution in [3.05, 3.63) is 146 Å². The van der Waals surface area contributed by atoms with Gasteiger partial charge in [-0.1, -0.05) is 199 Å². The van der Waals surface area contributed by atoms with E-state index in [-0.39, 0.29) is 25.2 Å². The maximum Gasteiger partial charge on any atom is 0.306 e. The van der Waals surface area contributed by atoms with E-state index in [1.54, 1.807) is 0 Å². The summed E-state index contributed by atoms with van der Waals surface area (Å²) in [6.45, 7) is 7.35. The molecule has 5 nitrogen and oxygen atoms in total. The highest BCUT2D eigenvalue weighted by Crippen LogP contribution is 2.11. The summed E-state index contributed by atoms with van der Waals surface area (Å²) in [4.78, 5) is 25.4. The molecule has 0 spiro atoms. The van der Waals surface area contributed by atoms with Gasteiger partial charge in [0.05, 0.1) is 6.61 Å². The number of carbonyl (C=O) groups is 2. The third kappa shape index (κ3) is 52.4. The molecular formula is C61H96O5. The second kappa shape index (κ2) is 55.1. The van der Waals surface area contributed by atoms with Gasteiger partial charge in [0, 0.05) is 19.4 Å². The molecule has 66 heavy (non-hydrogen) atoms. The highest BCUT2D eigenvalue weighted by atomic mass is 16.6. The van der Waals surface area contributed by atoms with Crippen LogP contribution in [0.5, 0.6) is 0 Å². The molecule has 0 bridgehead atoms. The minimum Gasteiger partial charge on any atom is -0.462 e. The largest absolute Gasteiger partial charge is 0.462 e. The minimum atomic E-state index is -0.586. The van der Waals surface area contributed by atoms with Crippen LogP contribution >= 0.6 is 0 Å². The standard InChI is InChI=1S/C61H96O5/c1-4-7-10-13-16-19-22-25-28-30-31-33-34-36-39-42-45-48-51-54-60(62)65-58-59(57-64-56-53-50-47-44-41-38-27-24-21-18-15-12-9-6-3)66-61(63)55-52-49-46-43-40-37-35-32-29-26-23-20-17-14-11-8-5-2/h7-12,16-21,25-29,31,33,35-39,59H,4-6,13-15,22-24,30,32,34,40-58H2,1-3H3/b10-7-,11-8-,12-9-,19-16-,20-17-,21-18-,28-25-,29-26-,33-31-,37-35-,38-27-,39-36-. The smallest absolute Gasteiger partial charge is 0.306 e. The summed E-state index contributed by atoms with van der Waals surface area (Å²) in [5.41, 5.74) is 0. The van der Waals surface area contributed by atoms with Crippen molar-refractivity contribution in [2.45, 2.75) is 207 Å². The Labute approximate surface area is 406 Å². The Kier molecular flexibility index (Phi) is 51.6. The van der Waals surface area contributed by atoms with Gasteiger partial charge >= 0.3 is 11.9 Å². The number of hydrogen-bond acceptors (Lipinski definition) is 5. The van der Waals surface area contributed by atoms with Gasteiger partial charge < -0.3 is 14.2 Å². The van der Waals surface area contributed by atoms with Crippen LogP contribution in [0.2, 0.25) is 0 Å². The maximum atomic E-state index is 12.8. The van der Waals surface area contributed by atoms with E-state index >= 15 is 0 Å². The van der Waals surface area contributed by atoms with E-state index in [2.05, 4.69) is 167 Å². The number of allylic oxidation sites excluding steroid dienone is 24. The van der Waals surface area contributed by atoms with Crippen molar-refractivity contribution in [3.63, 3.8) is 0 Å². The molecule has 0 aliphatic rings. The average molecular weight is 909 g/mol. The van der Waals surface area contributed by atoms with Gasteiger partial charge in [0.25, 0.3) is 0 Å². The van der Waals surface area contributed by atoms with Crippen molar-refractivity contribution in [1.29, 1.82) is 0 Å². The highest BCUT2D eigenvalue weighted by Gasteiger charge is 2.17. The van der Waals surface area contributed by atoms with E-state index in [1.807, 2.05) is 0 Å². The first-order valence-electron chi connectivity index (χ1n) is 26.4. The Morgan fingerprint density at radius 2 is 0.636 bits per heavy atom. The van der Waals surface area contributed by atoms with Crippen LogP contribution in [-0.2, 0) is 23.8 Å². The quantitative estimate of drug-likeness (QED) is 0.0346. The highest BCUT2D eigenvalue weighted by molar-refractivity contribution is 5.70. The van der Waals surface area contributed by atoms with Crippen LogP contribution in [0.3, 0.4) is 0 Å². The van der Waals surface area contributed by atoms with Crippen LogP contribution in [0, 0.1) is 0 Å². The molecule has 0 fully saturated rings. The van der Waals surface area contributed by atoms with Crippen LogP contribution in [0.4, 0.5) is 0 Å². The van der Waals surface area contributed by atoms with Crippen molar-refractivity contribution < 1.29 is 23.8 Å². The second-order valence-corrected chi connectivity index (χ2v) is 16.6. The van der Waals surface area contributed by atoms with E-state index in [0.29, 0.717) is 19.4 Å². The lowest BCUT2D eigenvalue weighted by molar-refractivity contribution is -0.163. The number of carbonyl (C=O) groups excluding carboxylic acids is 2. The molecule has 0 aromatic heterocycles. The number of ether oxygens (including phenoxy) is 3. The fourth-order valence-corrected chi connectivity index (χ4v) is 6.54. The van der Waals surface area contributed by atoms with Gasteiger partial charge in [-0.05, 0) is 135 Å². The van der Waals surface area contributed by atoms with Crippen LogP contribution in [0.1, 0.15) is 201 Å². The fourth-order valence-electron chi connectivity index (χ4n) is 6.54. The van der Waals surface area contributed by atoms with Crippen LogP contribution in [-0.4, -0.2) is 37.9 Å². The summed E-state index contributed by atoms with van der Waals surface area (Å²) in [7, 11) is 0.